The van der Waals surface area contributed by atoms with E-state index in [1.807, 2.05) is 0 Å². The van der Waals surface area contributed by atoms with E-state index in [-0.39, 0.29) is 5.41 Å². The minimum Gasteiger partial charge on any atom is -0.448 e. The summed E-state index contributed by atoms with van der Waals surface area (Å²) < 4.78 is 5.43. The molecule has 0 unspecified atom stereocenters. The molecule has 0 saturated carbocycles. The molecule has 1 aromatic rings. The number of hydrogen-bond acceptors (Lipinski definition) is 2. The third-order valence-electron chi connectivity index (χ3n) is 2.02. The van der Waals surface area contributed by atoms with E-state index in [0.29, 0.717) is 5.92 Å². The third kappa shape index (κ3) is 3.52. The average molecular weight is 195 g/mol. The van der Waals surface area contributed by atoms with Crippen molar-refractivity contribution in [2.24, 2.45) is 11.3 Å². The molecule has 0 amide bonds. The Hall–Kier alpha value is -0.790. The van der Waals surface area contributed by atoms with Crippen molar-refractivity contribution in [3.8, 4) is 0 Å². The molecule has 0 aliphatic carbocycles. The van der Waals surface area contributed by atoms with Gasteiger partial charge in [0.05, 0.1) is 5.69 Å². The van der Waals surface area contributed by atoms with Crippen LogP contribution in [0.1, 0.15) is 46.1 Å². The second-order valence-corrected chi connectivity index (χ2v) is 5.56. The van der Waals surface area contributed by atoms with Crippen LogP contribution in [0.4, 0.5) is 0 Å². The van der Waals surface area contributed by atoms with E-state index in [1.54, 1.807) is 6.39 Å². The van der Waals surface area contributed by atoms with E-state index >= 15 is 0 Å². The molecule has 14 heavy (non-hydrogen) atoms. The van der Waals surface area contributed by atoms with Gasteiger partial charge in [-0.3, -0.25) is 0 Å². The molecule has 0 aliphatic rings. The fourth-order valence-electron chi connectivity index (χ4n) is 1.47. The highest BCUT2D eigenvalue weighted by Gasteiger charge is 2.17. The quantitative estimate of drug-likeness (QED) is 0.738. The highest BCUT2D eigenvalue weighted by Crippen LogP contribution is 2.23. The first-order chi connectivity index (χ1) is 6.38. The summed E-state index contributed by atoms with van der Waals surface area (Å²) in [5.74, 6) is 1.70. The lowest BCUT2D eigenvalue weighted by Crippen LogP contribution is -2.10. The fraction of sp³-hybridized carbons (Fsp3) is 0.750. The SMILES string of the molecule is CC(C)Cc1ncoc1CC(C)(C)C. The highest BCUT2D eigenvalue weighted by molar-refractivity contribution is 5.09. The Morgan fingerprint density at radius 3 is 2.50 bits per heavy atom. The van der Waals surface area contributed by atoms with Crippen LogP contribution in [-0.2, 0) is 12.8 Å². The van der Waals surface area contributed by atoms with Crippen LogP contribution < -0.4 is 0 Å². The summed E-state index contributed by atoms with van der Waals surface area (Å²) in [6, 6.07) is 0. The Labute approximate surface area is 86.7 Å². The number of oxazole rings is 1. The van der Waals surface area contributed by atoms with Crippen molar-refractivity contribution in [1.82, 2.24) is 4.98 Å². The lowest BCUT2D eigenvalue weighted by molar-refractivity contribution is 0.359. The highest BCUT2D eigenvalue weighted by atomic mass is 16.3. The molecule has 1 heterocycles. The molecular weight excluding hydrogens is 174 g/mol. The molecule has 1 rings (SSSR count). The van der Waals surface area contributed by atoms with Gasteiger partial charge in [0.15, 0.2) is 6.39 Å². The largest absolute Gasteiger partial charge is 0.448 e. The molecule has 0 saturated heterocycles. The van der Waals surface area contributed by atoms with E-state index in [0.717, 1.165) is 24.3 Å². The van der Waals surface area contributed by atoms with Gasteiger partial charge in [-0.25, -0.2) is 4.98 Å². The van der Waals surface area contributed by atoms with Gasteiger partial charge >= 0.3 is 0 Å². The lowest BCUT2D eigenvalue weighted by atomic mass is 9.89. The molecule has 0 bridgehead atoms. The van der Waals surface area contributed by atoms with Gasteiger partial charge in [0, 0.05) is 6.42 Å². The number of aromatic nitrogens is 1. The molecule has 80 valence electrons. The van der Waals surface area contributed by atoms with Gasteiger partial charge in [0.1, 0.15) is 5.76 Å². The van der Waals surface area contributed by atoms with E-state index in [1.165, 1.54) is 0 Å². The molecule has 1 aromatic heterocycles. The first-order valence-corrected chi connectivity index (χ1v) is 5.30. The van der Waals surface area contributed by atoms with Gasteiger partial charge in [-0.2, -0.15) is 0 Å². The summed E-state index contributed by atoms with van der Waals surface area (Å²) in [5, 5.41) is 0. The molecule has 0 fully saturated rings. The van der Waals surface area contributed by atoms with Gasteiger partial charge in [0.25, 0.3) is 0 Å². The maximum absolute atomic E-state index is 5.43. The summed E-state index contributed by atoms with van der Waals surface area (Å²) in [4.78, 5) is 4.27. The van der Waals surface area contributed by atoms with Gasteiger partial charge < -0.3 is 4.42 Å². The number of rotatable bonds is 3. The predicted octanol–water partition coefficient (Wildman–Crippen LogP) is 3.46. The number of nitrogens with zero attached hydrogens (tertiary/aromatic N) is 1. The molecule has 2 nitrogen and oxygen atoms in total. The Kier molecular flexibility index (Phi) is 3.35. The standard InChI is InChI=1S/C12H21NO/c1-9(2)6-10-11(14-8-13-10)7-12(3,4)5/h8-9H,6-7H2,1-5H3. The molecule has 0 aliphatic heterocycles. The van der Waals surface area contributed by atoms with Crippen LogP contribution in [-0.4, -0.2) is 4.98 Å². The second kappa shape index (κ2) is 4.16. The molecule has 2 heteroatoms. The van der Waals surface area contributed by atoms with Crippen molar-refractivity contribution in [1.29, 1.82) is 0 Å². The first kappa shape index (κ1) is 11.3. The molecule has 0 aromatic carbocycles. The predicted molar refractivity (Wildman–Crippen MR) is 58.2 cm³/mol. The lowest BCUT2D eigenvalue weighted by Gasteiger charge is -2.16. The maximum Gasteiger partial charge on any atom is 0.181 e. The van der Waals surface area contributed by atoms with Crippen LogP contribution in [0.25, 0.3) is 0 Å². The van der Waals surface area contributed by atoms with E-state index < -0.39 is 0 Å². The Bertz CT molecular complexity index is 281. The Balaban J connectivity index is 2.72. The molecule has 0 atom stereocenters. The van der Waals surface area contributed by atoms with Crippen molar-refractivity contribution >= 4 is 0 Å². The zero-order valence-electron chi connectivity index (χ0n) is 9.92. The van der Waals surface area contributed by atoms with Crippen molar-refractivity contribution in [3.05, 3.63) is 17.8 Å². The Morgan fingerprint density at radius 2 is 2.00 bits per heavy atom. The van der Waals surface area contributed by atoms with Gasteiger partial charge in [-0.15, -0.1) is 0 Å². The summed E-state index contributed by atoms with van der Waals surface area (Å²) in [5.41, 5.74) is 1.40. The normalized spacial score (nSPS) is 12.4. The topological polar surface area (TPSA) is 26.0 Å². The van der Waals surface area contributed by atoms with Crippen molar-refractivity contribution in [2.45, 2.75) is 47.5 Å². The second-order valence-electron chi connectivity index (χ2n) is 5.56. The van der Waals surface area contributed by atoms with Crippen LogP contribution in [0.15, 0.2) is 10.8 Å². The van der Waals surface area contributed by atoms with Crippen LogP contribution in [0, 0.1) is 11.3 Å². The van der Waals surface area contributed by atoms with Crippen LogP contribution in [0.2, 0.25) is 0 Å². The van der Waals surface area contributed by atoms with Crippen LogP contribution in [0.5, 0.6) is 0 Å². The van der Waals surface area contributed by atoms with Crippen LogP contribution in [0.3, 0.4) is 0 Å². The summed E-state index contributed by atoms with van der Waals surface area (Å²) in [7, 11) is 0. The fourth-order valence-corrected chi connectivity index (χ4v) is 1.47. The minimum atomic E-state index is 0.269. The molecular formula is C12H21NO. The van der Waals surface area contributed by atoms with Gasteiger partial charge in [-0.1, -0.05) is 34.6 Å². The summed E-state index contributed by atoms with van der Waals surface area (Å²) in [6.45, 7) is 11.1. The maximum atomic E-state index is 5.43. The van der Waals surface area contributed by atoms with E-state index in [9.17, 15) is 0 Å². The molecule has 0 spiro atoms. The van der Waals surface area contributed by atoms with Crippen molar-refractivity contribution in [2.75, 3.05) is 0 Å². The zero-order chi connectivity index (χ0) is 10.8. The first-order valence-electron chi connectivity index (χ1n) is 5.30. The zero-order valence-corrected chi connectivity index (χ0v) is 9.92. The summed E-state index contributed by atoms with van der Waals surface area (Å²) >= 11 is 0. The molecule has 0 radical (unpaired) electrons. The van der Waals surface area contributed by atoms with Gasteiger partial charge in [-0.05, 0) is 17.8 Å². The van der Waals surface area contributed by atoms with Crippen molar-refractivity contribution in [3.63, 3.8) is 0 Å². The molecule has 0 N–H and O–H groups in total. The van der Waals surface area contributed by atoms with E-state index in [4.69, 9.17) is 4.42 Å². The monoisotopic (exact) mass is 195 g/mol. The van der Waals surface area contributed by atoms with Gasteiger partial charge in [0.2, 0.25) is 0 Å². The van der Waals surface area contributed by atoms with Crippen molar-refractivity contribution < 1.29 is 4.42 Å². The van der Waals surface area contributed by atoms with Crippen LogP contribution >= 0.6 is 0 Å². The smallest absolute Gasteiger partial charge is 0.181 e. The Morgan fingerprint density at radius 1 is 1.36 bits per heavy atom. The summed E-state index contributed by atoms with van der Waals surface area (Å²) in [6.07, 6.45) is 3.55. The third-order valence-corrected chi connectivity index (χ3v) is 2.02. The average Bonchev–Trinajstić information content (AvgIpc) is 2.32. The minimum absolute atomic E-state index is 0.269. The van der Waals surface area contributed by atoms with E-state index in [2.05, 4.69) is 39.6 Å². The number of hydrogen-bond donors (Lipinski definition) is 0.